The average molecular weight is 182 g/mol. The summed E-state index contributed by atoms with van der Waals surface area (Å²) in [6.45, 7) is 10.8. The van der Waals surface area contributed by atoms with Gasteiger partial charge < -0.3 is 5.32 Å². The van der Waals surface area contributed by atoms with Crippen molar-refractivity contribution in [2.45, 2.75) is 45.2 Å². The highest BCUT2D eigenvalue weighted by Crippen LogP contribution is 2.33. The lowest BCUT2D eigenvalue weighted by Crippen LogP contribution is -2.50. The summed E-state index contributed by atoms with van der Waals surface area (Å²) in [4.78, 5) is 2.71. The van der Waals surface area contributed by atoms with Crippen molar-refractivity contribution in [1.82, 2.24) is 10.2 Å². The van der Waals surface area contributed by atoms with E-state index in [1.807, 2.05) is 0 Å². The maximum Gasteiger partial charge on any atom is 0.0153 e. The first-order chi connectivity index (χ1) is 6.09. The first kappa shape index (κ1) is 9.47. The molecule has 0 aromatic heterocycles. The molecule has 0 saturated carbocycles. The summed E-state index contributed by atoms with van der Waals surface area (Å²) >= 11 is 0. The molecule has 13 heavy (non-hydrogen) atoms. The van der Waals surface area contributed by atoms with E-state index in [4.69, 9.17) is 0 Å². The lowest BCUT2D eigenvalue weighted by atomic mass is 9.92. The van der Waals surface area contributed by atoms with Crippen molar-refractivity contribution in [3.05, 3.63) is 0 Å². The van der Waals surface area contributed by atoms with E-state index in [9.17, 15) is 0 Å². The van der Waals surface area contributed by atoms with Crippen LogP contribution in [0.3, 0.4) is 0 Å². The first-order valence-electron chi connectivity index (χ1n) is 5.56. The van der Waals surface area contributed by atoms with Crippen molar-refractivity contribution in [2.24, 2.45) is 5.92 Å². The Labute approximate surface area is 81.7 Å². The molecule has 2 unspecified atom stereocenters. The lowest BCUT2D eigenvalue weighted by molar-refractivity contribution is 0.0921. The van der Waals surface area contributed by atoms with Crippen LogP contribution >= 0.6 is 0 Å². The predicted octanol–water partition coefficient (Wildman–Crippen LogP) is 1.47. The third-order valence-corrected chi connectivity index (χ3v) is 3.57. The van der Waals surface area contributed by atoms with E-state index < -0.39 is 0 Å². The molecular weight excluding hydrogens is 160 g/mol. The van der Waals surface area contributed by atoms with Crippen LogP contribution in [0.15, 0.2) is 0 Å². The molecule has 2 rings (SSSR count). The van der Waals surface area contributed by atoms with E-state index in [2.05, 4.69) is 31.0 Å². The van der Waals surface area contributed by atoms with Crippen LogP contribution in [0.1, 0.15) is 33.6 Å². The normalized spacial score (nSPS) is 36.2. The van der Waals surface area contributed by atoms with Gasteiger partial charge in [0.05, 0.1) is 0 Å². The molecule has 1 N–H and O–H groups in total. The second-order valence-electron chi connectivity index (χ2n) is 5.47. The third-order valence-electron chi connectivity index (χ3n) is 3.57. The highest BCUT2D eigenvalue weighted by Gasteiger charge is 2.40. The molecule has 0 spiro atoms. The van der Waals surface area contributed by atoms with Crippen LogP contribution in [-0.4, -0.2) is 36.1 Å². The first-order valence-corrected chi connectivity index (χ1v) is 5.56. The zero-order valence-corrected chi connectivity index (χ0v) is 9.14. The number of nitrogens with zero attached hydrogens (tertiary/aromatic N) is 1. The van der Waals surface area contributed by atoms with Gasteiger partial charge in [0.15, 0.2) is 0 Å². The van der Waals surface area contributed by atoms with Crippen molar-refractivity contribution >= 4 is 0 Å². The molecule has 2 heterocycles. The quantitative estimate of drug-likeness (QED) is 0.610. The Morgan fingerprint density at radius 1 is 1.23 bits per heavy atom. The van der Waals surface area contributed by atoms with Gasteiger partial charge >= 0.3 is 0 Å². The van der Waals surface area contributed by atoms with Gasteiger partial charge in [-0.25, -0.2) is 0 Å². The Hall–Kier alpha value is -0.0800. The van der Waals surface area contributed by atoms with Crippen molar-refractivity contribution in [2.75, 3.05) is 19.6 Å². The monoisotopic (exact) mass is 182 g/mol. The lowest BCUT2D eigenvalue weighted by Gasteiger charge is -2.40. The number of hydrogen-bond donors (Lipinski definition) is 1. The predicted molar refractivity (Wildman–Crippen MR) is 55.8 cm³/mol. The minimum atomic E-state index is 0.372. The minimum Gasteiger partial charge on any atom is -0.316 e. The van der Waals surface area contributed by atoms with Crippen molar-refractivity contribution < 1.29 is 0 Å². The Balaban J connectivity index is 2.07. The molecular formula is C11H22N2. The maximum absolute atomic E-state index is 3.50. The molecule has 2 atom stereocenters. The Morgan fingerprint density at radius 2 is 2.00 bits per heavy atom. The topological polar surface area (TPSA) is 15.3 Å². The molecule has 2 fully saturated rings. The number of hydrogen-bond acceptors (Lipinski definition) is 2. The standard InChI is InChI=1S/C11H22N2/c1-11(2,3)13-7-5-9-8-12-6-4-10(9)13/h9-10,12H,4-8H2,1-3H3. The van der Waals surface area contributed by atoms with Crippen LogP contribution in [0.4, 0.5) is 0 Å². The fraction of sp³-hybridized carbons (Fsp3) is 1.00. The van der Waals surface area contributed by atoms with Gasteiger partial charge in [-0.2, -0.15) is 0 Å². The number of piperidine rings is 1. The van der Waals surface area contributed by atoms with Crippen molar-refractivity contribution in [1.29, 1.82) is 0 Å². The van der Waals surface area contributed by atoms with Gasteiger partial charge in [-0.05, 0) is 59.2 Å². The molecule has 2 nitrogen and oxygen atoms in total. The number of nitrogens with one attached hydrogen (secondary N) is 1. The molecule has 0 aromatic carbocycles. The van der Waals surface area contributed by atoms with Crippen molar-refractivity contribution in [3.63, 3.8) is 0 Å². The number of likely N-dealkylation sites (tertiary alicyclic amines) is 1. The Morgan fingerprint density at radius 3 is 2.69 bits per heavy atom. The maximum atomic E-state index is 3.50. The highest BCUT2D eigenvalue weighted by molar-refractivity contribution is 4.96. The molecule has 0 amide bonds. The SMILES string of the molecule is CC(C)(C)N1CCC2CNCCC21. The van der Waals surface area contributed by atoms with Gasteiger partial charge in [0.25, 0.3) is 0 Å². The highest BCUT2D eigenvalue weighted by atomic mass is 15.2. The van der Waals surface area contributed by atoms with Gasteiger partial charge in [-0.3, -0.25) is 4.90 Å². The number of fused-ring (bicyclic) bond motifs is 1. The average Bonchev–Trinajstić information content (AvgIpc) is 2.45. The van der Waals surface area contributed by atoms with Crippen molar-refractivity contribution in [3.8, 4) is 0 Å². The van der Waals surface area contributed by atoms with Gasteiger partial charge in [0.2, 0.25) is 0 Å². The minimum absolute atomic E-state index is 0.372. The van der Waals surface area contributed by atoms with Crippen LogP contribution in [0.2, 0.25) is 0 Å². The zero-order chi connectivity index (χ0) is 9.47. The van der Waals surface area contributed by atoms with Gasteiger partial charge in [-0.1, -0.05) is 0 Å². The van der Waals surface area contributed by atoms with Crippen LogP contribution in [0.25, 0.3) is 0 Å². The summed E-state index contributed by atoms with van der Waals surface area (Å²) in [5.74, 6) is 0.924. The van der Waals surface area contributed by atoms with Gasteiger partial charge in [-0.15, -0.1) is 0 Å². The summed E-state index contributed by atoms with van der Waals surface area (Å²) < 4.78 is 0. The second-order valence-corrected chi connectivity index (χ2v) is 5.47. The summed E-state index contributed by atoms with van der Waals surface area (Å²) in [5.41, 5.74) is 0.372. The van der Waals surface area contributed by atoms with E-state index in [-0.39, 0.29) is 0 Å². The van der Waals surface area contributed by atoms with E-state index in [0.29, 0.717) is 5.54 Å². The molecule has 2 saturated heterocycles. The van der Waals surface area contributed by atoms with E-state index in [1.54, 1.807) is 0 Å². The Kier molecular flexibility index (Phi) is 2.37. The molecule has 2 aliphatic rings. The van der Waals surface area contributed by atoms with Crippen LogP contribution in [-0.2, 0) is 0 Å². The van der Waals surface area contributed by atoms with E-state index in [0.717, 1.165) is 12.0 Å². The third kappa shape index (κ3) is 1.75. The zero-order valence-electron chi connectivity index (χ0n) is 9.14. The largest absolute Gasteiger partial charge is 0.316 e. The van der Waals surface area contributed by atoms with Crippen LogP contribution in [0.5, 0.6) is 0 Å². The van der Waals surface area contributed by atoms with Crippen LogP contribution < -0.4 is 5.32 Å². The van der Waals surface area contributed by atoms with E-state index in [1.165, 1.54) is 32.5 Å². The van der Waals surface area contributed by atoms with Gasteiger partial charge in [0, 0.05) is 11.6 Å². The summed E-state index contributed by atoms with van der Waals surface area (Å²) in [6, 6.07) is 0.862. The molecule has 0 aliphatic carbocycles. The smallest absolute Gasteiger partial charge is 0.0153 e. The van der Waals surface area contributed by atoms with E-state index >= 15 is 0 Å². The summed E-state index contributed by atoms with van der Waals surface area (Å²) in [7, 11) is 0. The molecule has 0 aromatic rings. The summed E-state index contributed by atoms with van der Waals surface area (Å²) in [6.07, 6.45) is 2.75. The molecule has 0 bridgehead atoms. The number of rotatable bonds is 0. The molecule has 2 aliphatic heterocycles. The summed E-state index contributed by atoms with van der Waals surface area (Å²) in [5, 5.41) is 3.50. The van der Waals surface area contributed by atoms with Gasteiger partial charge in [0.1, 0.15) is 0 Å². The van der Waals surface area contributed by atoms with Crippen LogP contribution in [0, 0.1) is 5.92 Å². The molecule has 76 valence electrons. The fourth-order valence-electron chi connectivity index (χ4n) is 2.92. The molecule has 2 heteroatoms. The fourth-order valence-corrected chi connectivity index (χ4v) is 2.92. The second kappa shape index (κ2) is 3.25. The molecule has 0 radical (unpaired) electrons. The Bertz CT molecular complexity index is 183.